The summed E-state index contributed by atoms with van der Waals surface area (Å²) < 4.78 is 28.4. The van der Waals surface area contributed by atoms with E-state index in [0.29, 0.717) is 24.6 Å². The van der Waals surface area contributed by atoms with E-state index in [1.165, 1.54) is 12.1 Å². The zero-order valence-corrected chi connectivity index (χ0v) is 16.9. The van der Waals surface area contributed by atoms with Crippen LogP contribution in [0.25, 0.3) is 0 Å². The fourth-order valence-electron chi connectivity index (χ4n) is 2.60. The van der Waals surface area contributed by atoms with Crippen molar-refractivity contribution in [2.24, 2.45) is 5.92 Å². The number of amides is 1. The molecule has 1 saturated carbocycles. The lowest BCUT2D eigenvalue weighted by molar-refractivity contribution is 0.0784. The van der Waals surface area contributed by atoms with Gasteiger partial charge >= 0.3 is 0 Å². The number of hydrogen-bond acceptors (Lipinski definition) is 3. The van der Waals surface area contributed by atoms with Crippen molar-refractivity contribution in [1.82, 2.24) is 9.62 Å². The molecule has 26 heavy (non-hydrogen) atoms. The Bertz CT molecular complexity index is 911. The fourth-order valence-corrected chi connectivity index (χ4v) is 4.18. The van der Waals surface area contributed by atoms with E-state index in [-0.39, 0.29) is 10.8 Å². The molecular formula is C19H21BrN2O3S. The molecule has 0 atom stereocenters. The second-order valence-corrected chi connectivity index (χ2v) is 9.20. The van der Waals surface area contributed by atoms with Gasteiger partial charge < -0.3 is 4.90 Å². The molecule has 0 bridgehead atoms. The normalized spacial score (nSPS) is 14.2. The van der Waals surface area contributed by atoms with Crippen molar-refractivity contribution in [2.45, 2.75) is 24.3 Å². The van der Waals surface area contributed by atoms with Crippen molar-refractivity contribution in [2.75, 3.05) is 13.6 Å². The van der Waals surface area contributed by atoms with Gasteiger partial charge in [0, 0.05) is 30.2 Å². The minimum Gasteiger partial charge on any atom is -0.337 e. The molecule has 138 valence electrons. The Morgan fingerprint density at radius 3 is 2.62 bits per heavy atom. The Morgan fingerprint density at radius 1 is 1.19 bits per heavy atom. The summed E-state index contributed by atoms with van der Waals surface area (Å²) in [5, 5.41) is 0. The number of benzene rings is 2. The van der Waals surface area contributed by atoms with Crippen molar-refractivity contribution < 1.29 is 13.2 Å². The lowest BCUT2D eigenvalue weighted by atomic mass is 10.1. The Morgan fingerprint density at radius 2 is 1.92 bits per heavy atom. The summed E-state index contributed by atoms with van der Waals surface area (Å²) in [5.74, 6) is 0.227. The summed E-state index contributed by atoms with van der Waals surface area (Å²) in [5.41, 5.74) is 1.34. The van der Waals surface area contributed by atoms with Crippen LogP contribution in [0, 0.1) is 5.92 Å². The first-order chi connectivity index (χ1) is 12.4. The average molecular weight is 437 g/mol. The van der Waals surface area contributed by atoms with Crippen molar-refractivity contribution in [3.8, 4) is 0 Å². The van der Waals surface area contributed by atoms with Gasteiger partial charge in [-0.3, -0.25) is 4.79 Å². The van der Waals surface area contributed by atoms with E-state index < -0.39 is 10.0 Å². The van der Waals surface area contributed by atoms with Crippen molar-refractivity contribution in [1.29, 1.82) is 0 Å². The lowest BCUT2D eigenvalue weighted by Crippen LogP contribution is -2.28. The fraction of sp³-hybridized carbons (Fsp3) is 0.316. The van der Waals surface area contributed by atoms with E-state index >= 15 is 0 Å². The first kappa shape index (κ1) is 19.1. The van der Waals surface area contributed by atoms with Gasteiger partial charge in [0.2, 0.25) is 10.0 Å². The number of sulfonamides is 1. The molecule has 0 spiro atoms. The minimum atomic E-state index is -3.59. The SMILES string of the molecule is CN(Cc1ccccc1Br)C(=O)c1cccc(S(=O)(=O)NCC2CC2)c1. The number of hydrogen-bond donors (Lipinski definition) is 1. The minimum absolute atomic E-state index is 0.123. The predicted molar refractivity (Wildman–Crippen MR) is 104 cm³/mol. The van der Waals surface area contributed by atoms with E-state index in [2.05, 4.69) is 20.7 Å². The highest BCUT2D eigenvalue weighted by Crippen LogP contribution is 2.28. The Labute approximate surface area is 162 Å². The third-order valence-electron chi connectivity index (χ3n) is 4.36. The van der Waals surface area contributed by atoms with Crippen molar-refractivity contribution >= 4 is 31.9 Å². The molecule has 0 heterocycles. The summed E-state index contributed by atoms with van der Waals surface area (Å²) in [6, 6.07) is 13.9. The second-order valence-electron chi connectivity index (χ2n) is 6.58. The first-order valence-corrected chi connectivity index (χ1v) is 10.7. The molecule has 7 heteroatoms. The highest BCUT2D eigenvalue weighted by molar-refractivity contribution is 9.10. The van der Waals surface area contributed by atoms with Gasteiger partial charge in [-0.15, -0.1) is 0 Å². The largest absolute Gasteiger partial charge is 0.337 e. The molecule has 1 aliphatic rings. The van der Waals surface area contributed by atoms with Crippen LogP contribution in [0.2, 0.25) is 0 Å². The van der Waals surface area contributed by atoms with Crippen LogP contribution in [-0.4, -0.2) is 32.8 Å². The van der Waals surface area contributed by atoms with Crippen LogP contribution < -0.4 is 4.72 Å². The molecule has 0 aromatic heterocycles. The summed E-state index contributed by atoms with van der Waals surface area (Å²) in [7, 11) is -1.89. The highest BCUT2D eigenvalue weighted by Gasteiger charge is 2.25. The van der Waals surface area contributed by atoms with Crippen molar-refractivity contribution in [3.05, 3.63) is 64.1 Å². The van der Waals surface area contributed by atoms with E-state index in [4.69, 9.17) is 0 Å². The molecule has 1 N–H and O–H groups in total. The van der Waals surface area contributed by atoms with Gasteiger partial charge in [0.05, 0.1) is 4.90 Å². The molecule has 3 rings (SSSR count). The summed E-state index contributed by atoms with van der Waals surface area (Å²) in [4.78, 5) is 14.4. The molecule has 1 amide bonds. The Hall–Kier alpha value is -1.70. The summed E-state index contributed by atoms with van der Waals surface area (Å²) in [6.45, 7) is 0.889. The first-order valence-electron chi connectivity index (χ1n) is 8.45. The molecule has 0 aliphatic heterocycles. The number of nitrogens with one attached hydrogen (secondary N) is 1. The number of carbonyl (C=O) groups excluding carboxylic acids is 1. The number of rotatable bonds is 7. The summed E-state index contributed by atoms with van der Waals surface area (Å²) in [6.07, 6.45) is 2.14. The molecule has 1 fully saturated rings. The van der Waals surface area contributed by atoms with Gasteiger partial charge in [0.15, 0.2) is 0 Å². The van der Waals surface area contributed by atoms with Gasteiger partial charge in [-0.05, 0) is 48.6 Å². The number of carbonyl (C=O) groups is 1. The standard InChI is InChI=1S/C19H21BrN2O3S/c1-22(13-16-5-2-3-8-18(16)20)19(23)15-6-4-7-17(11-15)26(24,25)21-12-14-9-10-14/h2-8,11,14,21H,9-10,12-13H2,1H3. The third-order valence-corrected chi connectivity index (χ3v) is 6.56. The average Bonchev–Trinajstić information content (AvgIpc) is 3.46. The van der Waals surface area contributed by atoms with Crippen LogP contribution in [0.5, 0.6) is 0 Å². The molecule has 0 unspecified atom stereocenters. The van der Waals surface area contributed by atoms with Crippen LogP contribution >= 0.6 is 15.9 Å². The van der Waals surface area contributed by atoms with Crippen LogP contribution in [0.15, 0.2) is 57.9 Å². The molecule has 1 aliphatic carbocycles. The number of nitrogens with zero attached hydrogens (tertiary/aromatic N) is 1. The van der Waals surface area contributed by atoms with E-state index in [9.17, 15) is 13.2 Å². The highest BCUT2D eigenvalue weighted by atomic mass is 79.9. The second kappa shape index (κ2) is 7.90. The topological polar surface area (TPSA) is 66.5 Å². The van der Waals surface area contributed by atoms with Gasteiger partial charge in [-0.1, -0.05) is 40.2 Å². The van der Waals surface area contributed by atoms with E-state index in [1.807, 2.05) is 24.3 Å². The quantitative estimate of drug-likeness (QED) is 0.722. The van der Waals surface area contributed by atoms with Gasteiger partial charge in [-0.25, -0.2) is 13.1 Å². The molecule has 5 nitrogen and oxygen atoms in total. The van der Waals surface area contributed by atoms with Gasteiger partial charge in [0.25, 0.3) is 5.91 Å². The van der Waals surface area contributed by atoms with Gasteiger partial charge in [-0.2, -0.15) is 0 Å². The molecule has 0 saturated heterocycles. The third kappa shape index (κ3) is 4.72. The Balaban J connectivity index is 1.74. The maximum Gasteiger partial charge on any atom is 0.253 e. The Kier molecular flexibility index (Phi) is 5.79. The number of halogens is 1. The monoisotopic (exact) mass is 436 g/mol. The molecular weight excluding hydrogens is 416 g/mol. The zero-order valence-electron chi connectivity index (χ0n) is 14.5. The maximum absolute atomic E-state index is 12.7. The summed E-state index contributed by atoms with van der Waals surface area (Å²) >= 11 is 3.48. The van der Waals surface area contributed by atoms with Crippen LogP contribution in [-0.2, 0) is 16.6 Å². The molecule has 2 aromatic rings. The smallest absolute Gasteiger partial charge is 0.253 e. The van der Waals surface area contributed by atoms with E-state index in [1.54, 1.807) is 24.1 Å². The molecule has 0 radical (unpaired) electrons. The van der Waals surface area contributed by atoms with Crippen molar-refractivity contribution in [3.63, 3.8) is 0 Å². The maximum atomic E-state index is 12.7. The predicted octanol–water partition coefficient (Wildman–Crippen LogP) is 3.41. The zero-order chi connectivity index (χ0) is 18.7. The van der Waals surface area contributed by atoms with E-state index in [0.717, 1.165) is 22.9 Å². The molecule has 2 aromatic carbocycles. The van der Waals surface area contributed by atoms with Crippen LogP contribution in [0.4, 0.5) is 0 Å². The van der Waals surface area contributed by atoms with Gasteiger partial charge in [0.1, 0.15) is 0 Å². The lowest BCUT2D eigenvalue weighted by Gasteiger charge is -2.18. The van der Waals surface area contributed by atoms with Crippen LogP contribution in [0.3, 0.4) is 0 Å². The van der Waals surface area contributed by atoms with Crippen LogP contribution in [0.1, 0.15) is 28.8 Å².